The average molecular weight is 237 g/mol. The van der Waals surface area contributed by atoms with Gasteiger partial charge in [-0.3, -0.25) is 0 Å². The van der Waals surface area contributed by atoms with Gasteiger partial charge in [0, 0.05) is 6.42 Å². The molecule has 0 radical (unpaired) electrons. The normalized spacial score (nSPS) is 12.9. The molecule has 0 aliphatic rings. The lowest BCUT2D eigenvalue weighted by molar-refractivity contribution is 0.168. The summed E-state index contributed by atoms with van der Waals surface area (Å²) < 4.78 is 6.93. The number of hydrogen-bond acceptors (Lipinski definition) is 6. The molecule has 2 rings (SSSR count). The van der Waals surface area contributed by atoms with Gasteiger partial charge in [-0.2, -0.15) is 0 Å². The molecule has 0 aromatic carbocycles. The first-order chi connectivity index (χ1) is 8.22. The van der Waals surface area contributed by atoms with Crippen LogP contribution in [0.15, 0.2) is 10.6 Å². The number of aliphatic hydroxyl groups excluding tert-OH is 1. The van der Waals surface area contributed by atoms with E-state index in [4.69, 9.17) is 4.42 Å². The molecule has 0 spiro atoms. The number of aliphatic hydroxyl groups is 1. The van der Waals surface area contributed by atoms with Crippen molar-refractivity contribution in [3.63, 3.8) is 0 Å². The summed E-state index contributed by atoms with van der Waals surface area (Å²) in [7, 11) is 0. The minimum atomic E-state index is -0.572. The fraction of sp³-hybridized carbons (Fsp3) is 0.600. The van der Waals surface area contributed by atoms with Crippen LogP contribution in [-0.2, 0) is 13.0 Å². The van der Waals surface area contributed by atoms with Crippen molar-refractivity contribution >= 4 is 0 Å². The van der Waals surface area contributed by atoms with Crippen LogP contribution in [0, 0.1) is 0 Å². The number of hydrogen-bond donors (Lipinski definition) is 1. The van der Waals surface area contributed by atoms with Gasteiger partial charge in [-0.15, -0.1) is 15.3 Å². The van der Waals surface area contributed by atoms with E-state index in [1.807, 2.05) is 13.8 Å². The van der Waals surface area contributed by atoms with Crippen LogP contribution in [0.25, 0.3) is 0 Å². The zero-order valence-electron chi connectivity index (χ0n) is 9.87. The monoisotopic (exact) mass is 237 g/mol. The third kappa shape index (κ3) is 2.68. The van der Waals surface area contributed by atoms with Crippen LogP contribution in [0.2, 0.25) is 0 Å². The van der Waals surface area contributed by atoms with Crippen LogP contribution in [0.1, 0.15) is 43.8 Å². The zero-order valence-corrected chi connectivity index (χ0v) is 9.87. The third-order valence-electron chi connectivity index (χ3n) is 2.39. The van der Waals surface area contributed by atoms with Gasteiger partial charge in [0.1, 0.15) is 12.2 Å². The van der Waals surface area contributed by atoms with Gasteiger partial charge in [0.2, 0.25) is 11.8 Å². The van der Waals surface area contributed by atoms with E-state index in [-0.39, 0.29) is 0 Å². The Balaban J connectivity index is 2.06. The fourth-order valence-electron chi connectivity index (χ4n) is 1.39. The molecule has 0 saturated heterocycles. The molecule has 92 valence electrons. The summed E-state index contributed by atoms with van der Waals surface area (Å²) >= 11 is 0. The second-order valence-electron chi connectivity index (χ2n) is 3.71. The van der Waals surface area contributed by atoms with Crippen molar-refractivity contribution in [2.24, 2.45) is 0 Å². The van der Waals surface area contributed by atoms with Crippen LogP contribution in [0.5, 0.6) is 0 Å². The summed E-state index contributed by atoms with van der Waals surface area (Å²) in [5.74, 6) is 1.10. The molecule has 2 aromatic heterocycles. The molecule has 0 aliphatic heterocycles. The topological polar surface area (TPSA) is 89.9 Å². The van der Waals surface area contributed by atoms with Gasteiger partial charge >= 0.3 is 0 Å². The summed E-state index contributed by atoms with van der Waals surface area (Å²) in [6.07, 6.45) is 2.44. The van der Waals surface area contributed by atoms with Crippen molar-refractivity contribution in [3.05, 3.63) is 23.7 Å². The van der Waals surface area contributed by atoms with Crippen LogP contribution >= 0.6 is 0 Å². The third-order valence-corrected chi connectivity index (χ3v) is 2.39. The molecule has 1 atom stereocenters. The van der Waals surface area contributed by atoms with E-state index in [2.05, 4.69) is 20.5 Å². The number of aromatic nitrogens is 5. The largest absolute Gasteiger partial charge is 0.423 e. The van der Waals surface area contributed by atoms with E-state index in [0.717, 1.165) is 0 Å². The van der Waals surface area contributed by atoms with Gasteiger partial charge in [-0.05, 0) is 6.42 Å². The minimum absolute atomic E-state index is 0.371. The van der Waals surface area contributed by atoms with E-state index in [0.29, 0.717) is 36.9 Å². The van der Waals surface area contributed by atoms with Gasteiger partial charge in [0.05, 0.1) is 12.3 Å². The Morgan fingerprint density at radius 3 is 2.71 bits per heavy atom. The number of nitrogens with zero attached hydrogens (tertiary/aromatic N) is 5. The summed E-state index contributed by atoms with van der Waals surface area (Å²) in [5, 5.41) is 25.1. The molecule has 7 nitrogen and oxygen atoms in total. The van der Waals surface area contributed by atoms with Gasteiger partial charge in [-0.1, -0.05) is 19.1 Å². The summed E-state index contributed by atoms with van der Waals surface area (Å²) in [5.41, 5.74) is 0.558. The molecule has 0 bridgehead atoms. The van der Waals surface area contributed by atoms with Crippen LogP contribution in [0.3, 0.4) is 0 Å². The van der Waals surface area contributed by atoms with Gasteiger partial charge < -0.3 is 9.52 Å². The standard InChI is InChI=1S/C10H15N5O2/c1-3-8(16)7-5-15(14-11-7)6-10-13-12-9(4-2)17-10/h5,8,16H,3-4,6H2,1-2H3. The number of rotatable bonds is 5. The smallest absolute Gasteiger partial charge is 0.237 e. The van der Waals surface area contributed by atoms with Crippen molar-refractivity contribution in [1.82, 2.24) is 25.2 Å². The maximum atomic E-state index is 9.58. The highest BCUT2D eigenvalue weighted by molar-refractivity contribution is 4.97. The van der Waals surface area contributed by atoms with Crippen molar-refractivity contribution in [2.45, 2.75) is 39.3 Å². The van der Waals surface area contributed by atoms with Crippen LogP contribution < -0.4 is 0 Å². The highest BCUT2D eigenvalue weighted by Crippen LogP contribution is 2.12. The Bertz CT molecular complexity index is 479. The van der Waals surface area contributed by atoms with E-state index < -0.39 is 6.10 Å². The fourth-order valence-corrected chi connectivity index (χ4v) is 1.39. The highest BCUT2D eigenvalue weighted by atomic mass is 16.4. The van der Waals surface area contributed by atoms with Crippen molar-refractivity contribution in [1.29, 1.82) is 0 Å². The Labute approximate surface area is 98.5 Å². The first kappa shape index (κ1) is 11.7. The average Bonchev–Trinajstić information content (AvgIpc) is 2.97. The Hall–Kier alpha value is -1.76. The molecule has 1 unspecified atom stereocenters. The number of aryl methyl sites for hydroxylation is 1. The highest BCUT2D eigenvalue weighted by Gasteiger charge is 2.11. The first-order valence-electron chi connectivity index (χ1n) is 5.62. The lowest BCUT2D eigenvalue weighted by Crippen LogP contribution is -2.00. The summed E-state index contributed by atoms with van der Waals surface area (Å²) in [6.45, 7) is 4.20. The second kappa shape index (κ2) is 5.05. The quantitative estimate of drug-likeness (QED) is 0.823. The van der Waals surface area contributed by atoms with E-state index in [1.54, 1.807) is 10.9 Å². The van der Waals surface area contributed by atoms with Crippen LogP contribution in [0.4, 0.5) is 0 Å². The molecule has 2 aromatic rings. The Morgan fingerprint density at radius 1 is 1.29 bits per heavy atom. The van der Waals surface area contributed by atoms with Gasteiger partial charge in [-0.25, -0.2) is 4.68 Å². The van der Waals surface area contributed by atoms with Crippen molar-refractivity contribution in [2.75, 3.05) is 0 Å². The SMILES string of the molecule is CCc1nnc(Cn2cc(C(O)CC)nn2)o1. The van der Waals surface area contributed by atoms with Gasteiger partial charge in [0.15, 0.2) is 0 Å². The lowest BCUT2D eigenvalue weighted by Gasteiger charge is -2.00. The van der Waals surface area contributed by atoms with E-state index in [9.17, 15) is 5.11 Å². The second-order valence-corrected chi connectivity index (χ2v) is 3.71. The molecular formula is C10H15N5O2. The Kier molecular flexibility index (Phi) is 3.48. The molecular weight excluding hydrogens is 222 g/mol. The predicted molar refractivity (Wildman–Crippen MR) is 58.1 cm³/mol. The summed E-state index contributed by atoms with van der Waals surface area (Å²) in [4.78, 5) is 0. The van der Waals surface area contributed by atoms with Crippen molar-refractivity contribution < 1.29 is 9.52 Å². The lowest BCUT2D eigenvalue weighted by atomic mass is 10.2. The maximum Gasteiger partial charge on any atom is 0.237 e. The predicted octanol–water partition coefficient (Wildman–Crippen LogP) is 0.715. The maximum absolute atomic E-state index is 9.58. The molecule has 7 heteroatoms. The molecule has 2 heterocycles. The van der Waals surface area contributed by atoms with Crippen LogP contribution in [-0.4, -0.2) is 30.3 Å². The minimum Gasteiger partial charge on any atom is -0.423 e. The molecule has 0 fully saturated rings. The van der Waals surface area contributed by atoms with E-state index in [1.165, 1.54) is 0 Å². The molecule has 0 saturated carbocycles. The zero-order chi connectivity index (χ0) is 12.3. The molecule has 0 aliphatic carbocycles. The molecule has 17 heavy (non-hydrogen) atoms. The summed E-state index contributed by atoms with van der Waals surface area (Å²) in [6, 6.07) is 0. The first-order valence-corrected chi connectivity index (χ1v) is 5.62. The molecule has 0 amide bonds. The van der Waals surface area contributed by atoms with Crippen molar-refractivity contribution in [3.8, 4) is 0 Å². The van der Waals surface area contributed by atoms with E-state index >= 15 is 0 Å². The van der Waals surface area contributed by atoms with Gasteiger partial charge in [0.25, 0.3) is 0 Å². The molecule has 1 N–H and O–H groups in total. The Morgan fingerprint density at radius 2 is 2.06 bits per heavy atom.